The van der Waals surface area contributed by atoms with Gasteiger partial charge in [-0.15, -0.1) is 0 Å². The second-order valence-electron chi connectivity index (χ2n) is 7.45. The van der Waals surface area contributed by atoms with Gasteiger partial charge in [-0.2, -0.15) is 0 Å². The van der Waals surface area contributed by atoms with Crippen LogP contribution in [0.3, 0.4) is 0 Å². The number of benzene rings is 1. The summed E-state index contributed by atoms with van der Waals surface area (Å²) in [6.45, 7) is 0.678. The number of carbonyl (C=O) groups is 2. The summed E-state index contributed by atoms with van der Waals surface area (Å²) in [5.41, 5.74) is 0.269. The Bertz CT molecular complexity index is 674. The van der Waals surface area contributed by atoms with E-state index in [2.05, 4.69) is 0 Å². The molecule has 1 aromatic carbocycles. The molecule has 0 aromatic heterocycles. The van der Waals surface area contributed by atoms with E-state index < -0.39 is 17.7 Å². The first kappa shape index (κ1) is 18.8. The molecule has 2 fully saturated rings. The van der Waals surface area contributed by atoms with Crippen molar-refractivity contribution < 1.29 is 18.4 Å². The number of likely N-dealkylation sites (tertiary alicyclic amines) is 1. The molecule has 1 atom stereocenters. The van der Waals surface area contributed by atoms with Crippen LogP contribution in [0.1, 0.15) is 50.5 Å². The van der Waals surface area contributed by atoms with Crippen molar-refractivity contribution >= 4 is 11.8 Å². The molecular formula is C20H26F2N2O2. The Kier molecular flexibility index (Phi) is 5.89. The number of nitrogens with zero attached hydrogens (tertiary/aromatic N) is 2. The molecule has 0 radical (unpaired) electrons. The molecule has 1 saturated carbocycles. The van der Waals surface area contributed by atoms with E-state index in [4.69, 9.17) is 0 Å². The number of likely N-dealkylation sites (N-methyl/N-ethyl adjacent to an activating group) is 1. The van der Waals surface area contributed by atoms with Gasteiger partial charge in [-0.3, -0.25) is 9.59 Å². The minimum Gasteiger partial charge on any atom is -0.340 e. The zero-order valence-corrected chi connectivity index (χ0v) is 15.2. The van der Waals surface area contributed by atoms with Gasteiger partial charge in [-0.05, 0) is 31.7 Å². The van der Waals surface area contributed by atoms with E-state index in [1.54, 1.807) is 11.9 Å². The van der Waals surface area contributed by atoms with Crippen LogP contribution >= 0.6 is 0 Å². The van der Waals surface area contributed by atoms with E-state index in [0.717, 1.165) is 38.2 Å². The third-order valence-corrected chi connectivity index (χ3v) is 5.57. The second kappa shape index (κ2) is 8.14. The van der Waals surface area contributed by atoms with Crippen LogP contribution < -0.4 is 0 Å². The van der Waals surface area contributed by atoms with Crippen molar-refractivity contribution in [2.45, 2.75) is 57.5 Å². The number of hydrogen-bond acceptors (Lipinski definition) is 2. The van der Waals surface area contributed by atoms with Gasteiger partial charge in [0.05, 0.1) is 0 Å². The predicted octanol–water partition coefficient (Wildman–Crippen LogP) is 3.49. The Hall–Kier alpha value is -1.98. The van der Waals surface area contributed by atoms with E-state index in [0.29, 0.717) is 13.0 Å². The summed E-state index contributed by atoms with van der Waals surface area (Å²) in [6.07, 6.45) is 6.61. The van der Waals surface area contributed by atoms with Gasteiger partial charge in [0.25, 0.3) is 0 Å². The maximum atomic E-state index is 13.9. The third kappa shape index (κ3) is 4.05. The first-order valence-electron chi connectivity index (χ1n) is 9.46. The van der Waals surface area contributed by atoms with E-state index in [1.165, 1.54) is 23.5 Å². The Morgan fingerprint density at radius 2 is 1.85 bits per heavy atom. The van der Waals surface area contributed by atoms with Gasteiger partial charge in [-0.1, -0.05) is 25.3 Å². The summed E-state index contributed by atoms with van der Waals surface area (Å²) >= 11 is 0. The molecule has 4 nitrogen and oxygen atoms in total. The summed E-state index contributed by atoms with van der Waals surface area (Å²) < 4.78 is 26.9. The normalized spacial score (nSPS) is 21.0. The van der Waals surface area contributed by atoms with Crippen LogP contribution in [0.25, 0.3) is 0 Å². The van der Waals surface area contributed by atoms with E-state index in [-0.39, 0.29) is 29.8 Å². The van der Waals surface area contributed by atoms with Gasteiger partial charge in [0.2, 0.25) is 11.8 Å². The monoisotopic (exact) mass is 364 g/mol. The minimum absolute atomic E-state index is 0.0389. The van der Waals surface area contributed by atoms with Crippen LogP contribution in [0.4, 0.5) is 8.78 Å². The molecule has 1 aliphatic carbocycles. The lowest BCUT2D eigenvalue weighted by atomic mass is 9.88. The van der Waals surface area contributed by atoms with Gasteiger partial charge in [-0.25, -0.2) is 8.78 Å². The number of rotatable bonds is 4. The lowest BCUT2D eigenvalue weighted by Crippen LogP contribution is -2.48. The third-order valence-electron chi connectivity index (χ3n) is 5.57. The lowest BCUT2D eigenvalue weighted by molar-refractivity contribution is -0.146. The highest BCUT2D eigenvalue weighted by molar-refractivity contribution is 5.89. The van der Waals surface area contributed by atoms with Crippen molar-refractivity contribution in [3.8, 4) is 0 Å². The SMILES string of the molecule is CN(Cc1ccc(F)cc1F)C(=O)[C@@H]1CCCN1C(=O)C1CCCCC1. The van der Waals surface area contributed by atoms with Gasteiger partial charge in [0.1, 0.15) is 17.7 Å². The Morgan fingerprint density at radius 3 is 2.54 bits per heavy atom. The van der Waals surface area contributed by atoms with E-state index >= 15 is 0 Å². The molecule has 1 aliphatic heterocycles. The molecule has 6 heteroatoms. The Labute approximate surface area is 153 Å². The summed E-state index contributed by atoms with van der Waals surface area (Å²) in [6, 6.07) is 2.90. The number of amides is 2. The molecule has 3 rings (SSSR count). The van der Waals surface area contributed by atoms with E-state index in [1.807, 2.05) is 0 Å². The number of hydrogen-bond donors (Lipinski definition) is 0. The zero-order valence-electron chi connectivity index (χ0n) is 15.2. The van der Waals surface area contributed by atoms with Crippen molar-refractivity contribution in [3.63, 3.8) is 0 Å². The molecule has 2 amide bonds. The molecule has 2 aliphatic rings. The van der Waals surface area contributed by atoms with Crippen LogP contribution in [0.2, 0.25) is 0 Å². The van der Waals surface area contributed by atoms with Gasteiger partial charge in [0, 0.05) is 37.7 Å². The quantitative estimate of drug-likeness (QED) is 0.821. The van der Waals surface area contributed by atoms with Crippen LogP contribution in [0.5, 0.6) is 0 Å². The van der Waals surface area contributed by atoms with Crippen LogP contribution in [0, 0.1) is 17.6 Å². The first-order chi connectivity index (χ1) is 12.5. The molecule has 0 spiro atoms. The fourth-order valence-electron chi connectivity index (χ4n) is 4.11. The highest BCUT2D eigenvalue weighted by Crippen LogP contribution is 2.29. The van der Waals surface area contributed by atoms with Crippen molar-refractivity contribution in [2.24, 2.45) is 5.92 Å². The maximum Gasteiger partial charge on any atom is 0.245 e. The average molecular weight is 364 g/mol. The second-order valence-corrected chi connectivity index (χ2v) is 7.45. The number of halogens is 2. The van der Waals surface area contributed by atoms with Crippen molar-refractivity contribution in [1.82, 2.24) is 9.80 Å². The van der Waals surface area contributed by atoms with E-state index in [9.17, 15) is 18.4 Å². The topological polar surface area (TPSA) is 40.6 Å². The summed E-state index contributed by atoms with van der Waals surface area (Å²) in [4.78, 5) is 28.9. The molecule has 1 aromatic rings. The molecule has 0 unspecified atom stereocenters. The molecule has 26 heavy (non-hydrogen) atoms. The minimum atomic E-state index is -0.661. The Morgan fingerprint density at radius 1 is 1.12 bits per heavy atom. The van der Waals surface area contributed by atoms with Gasteiger partial charge >= 0.3 is 0 Å². The highest BCUT2D eigenvalue weighted by atomic mass is 19.1. The fraction of sp³-hybridized carbons (Fsp3) is 0.600. The maximum absolute atomic E-state index is 13.9. The predicted molar refractivity (Wildman–Crippen MR) is 94.1 cm³/mol. The van der Waals surface area contributed by atoms with Crippen LogP contribution in [-0.4, -0.2) is 41.2 Å². The number of carbonyl (C=O) groups excluding carboxylic acids is 2. The summed E-state index contributed by atoms with van der Waals surface area (Å²) in [5.74, 6) is -1.33. The molecule has 1 heterocycles. The highest BCUT2D eigenvalue weighted by Gasteiger charge is 2.38. The Balaban J connectivity index is 1.66. The van der Waals surface area contributed by atoms with Crippen molar-refractivity contribution in [3.05, 3.63) is 35.4 Å². The van der Waals surface area contributed by atoms with Gasteiger partial charge in [0.15, 0.2) is 0 Å². The lowest BCUT2D eigenvalue weighted by Gasteiger charge is -2.32. The molecule has 0 N–H and O–H groups in total. The average Bonchev–Trinajstić information content (AvgIpc) is 3.13. The van der Waals surface area contributed by atoms with Crippen LogP contribution in [-0.2, 0) is 16.1 Å². The molecule has 0 bridgehead atoms. The van der Waals surface area contributed by atoms with Crippen LogP contribution in [0.15, 0.2) is 18.2 Å². The van der Waals surface area contributed by atoms with Crippen molar-refractivity contribution in [2.75, 3.05) is 13.6 Å². The molecule has 1 saturated heterocycles. The summed E-state index contributed by atoms with van der Waals surface area (Å²) in [7, 11) is 1.60. The smallest absolute Gasteiger partial charge is 0.245 e. The zero-order chi connectivity index (χ0) is 18.7. The first-order valence-corrected chi connectivity index (χ1v) is 9.46. The standard InChI is InChI=1S/C20H26F2N2O2/c1-23(13-15-9-10-16(21)12-17(15)22)20(26)18-8-5-11-24(18)19(25)14-6-3-2-4-7-14/h9-10,12,14,18H,2-8,11,13H2,1H3/t18-/m0/s1. The molecule has 142 valence electrons. The fourth-order valence-corrected chi connectivity index (χ4v) is 4.11. The molecular weight excluding hydrogens is 338 g/mol. The largest absolute Gasteiger partial charge is 0.340 e. The van der Waals surface area contributed by atoms with Crippen molar-refractivity contribution in [1.29, 1.82) is 0 Å². The van der Waals surface area contributed by atoms with Gasteiger partial charge < -0.3 is 9.80 Å². The summed E-state index contributed by atoms with van der Waals surface area (Å²) in [5, 5.41) is 0.